The van der Waals surface area contributed by atoms with Gasteiger partial charge in [0, 0.05) is 45.2 Å². The summed E-state index contributed by atoms with van der Waals surface area (Å²) in [5, 5.41) is 3.31. The molecule has 1 aromatic carbocycles. The van der Waals surface area contributed by atoms with Gasteiger partial charge in [0.15, 0.2) is 6.10 Å². The lowest BCUT2D eigenvalue weighted by atomic mass is 10.1. The quantitative estimate of drug-likeness (QED) is 0.747. The summed E-state index contributed by atoms with van der Waals surface area (Å²) in [7, 11) is 0. The summed E-state index contributed by atoms with van der Waals surface area (Å²) in [6.07, 6.45) is 0.763. The zero-order valence-electron chi connectivity index (χ0n) is 17.3. The average molecular weight is 426 g/mol. The second-order valence-electron chi connectivity index (χ2n) is 7.36. The molecule has 7 nitrogen and oxygen atoms in total. The van der Waals surface area contributed by atoms with Crippen molar-refractivity contribution in [3.8, 4) is 5.75 Å². The standard InChI is InChI=1S/C21H31N3O4.ClH/c1-3-17-6-4-5-7-19(17)28-16(2)21(26)24-11-9-23(10-12-24)20(25)14-18-15-27-13-8-22-18;/h4-7,16,18,22H,3,8-15H2,1-2H3;1H. The van der Waals surface area contributed by atoms with Gasteiger partial charge in [0.2, 0.25) is 5.91 Å². The van der Waals surface area contributed by atoms with E-state index in [9.17, 15) is 9.59 Å². The van der Waals surface area contributed by atoms with E-state index in [1.165, 1.54) is 0 Å². The van der Waals surface area contributed by atoms with Crippen LogP contribution < -0.4 is 10.1 Å². The molecule has 0 radical (unpaired) electrons. The van der Waals surface area contributed by atoms with Crippen LogP contribution >= 0.6 is 12.4 Å². The van der Waals surface area contributed by atoms with Gasteiger partial charge in [0.1, 0.15) is 5.75 Å². The average Bonchev–Trinajstić information content (AvgIpc) is 2.74. The Kier molecular flexibility index (Phi) is 9.20. The van der Waals surface area contributed by atoms with Gasteiger partial charge in [0.25, 0.3) is 5.91 Å². The summed E-state index contributed by atoms with van der Waals surface area (Å²) in [6, 6.07) is 7.91. The number of halogens is 1. The third-order valence-corrected chi connectivity index (χ3v) is 5.37. The first-order valence-corrected chi connectivity index (χ1v) is 10.2. The second kappa shape index (κ2) is 11.4. The molecule has 2 aliphatic rings. The smallest absolute Gasteiger partial charge is 0.263 e. The zero-order chi connectivity index (χ0) is 19.9. The van der Waals surface area contributed by atoms with E-state index in [-0.39, 0.29) is 30.3 Å². The Hall–Kier alpha value is -1.83. The van der Waals surface area contributed by atoms with E-state index in [0.717, 1.165) is 24.3 Å². The molecule has 2 heterocycles. The van der Waals surface area contributed by atoms with Crippen LogP contribution in [0.2, 0.25) is 0 Å². The van der Waals surface area contributed by atoms with Gasteiger partial charge in [-0.15, -0.1) is 12.4 Å². The Bertz CT molecular complexity index is 674. The van der Waals surface area contributed by atoms with Crippen LogP contribution in [-0.4, -0.2) is 79.7 Å². The molecule has 2 amide bonds. The van der Waals surface area contributed by atoms with Crippen LogP contribution in [0.3, 0.4) is 0 Å². The Morgan fingerprint density at radius 2 is 1.90 bits per heavy atom. The predicted molar refractivity (Wildman–Crippen MR) is 114 cm³/mol. The fourth-order valence-electron chi connectivity index (χ4n) is 3.68. The van der Waals surface area contributed by atoms with Crippen molar-refractivity contribution in [2.45, 2.75) is 38.8 Å². The van der Waals surface area contributed by atoms with Crippen molar-refractivity contribution >= 4 is 24.2 Å². The number of aryl methyl sites for hydroxylation is 1. The number of nitrogens with one attached hydrogen (secondary N) is 1. The SMILES string of the molecule is CCc1ccccc1OC(C)C(=O)N1CCN(C(=O)CC2COCCN2)CC1.Cl. The van der Waals surface area contributed by atoms with Gasteiger partial charge in [-0.3, -0.25) is 9.59 Å². The summed E-state index contributed by atoms with van der Waals surface area (Å²) >= 11 is 0. The molecule has 1 N–H and O–H groups in total. The van der Waals surface area contributed by atoms with Crippen LogP contribution in [0.5, 0.6) is 5.75 Å². The van der Waals surface area contributed by atoms with Crippen LogP contribution in [0, 0.1) is 0 Å². The monoisotopic (exact) mass is 425 g/mol. The summed E-state index contributed by atoms with van der Waals surface area (Å²) in [5.41, 5.74) is 1.10. The van der Waals surface area contributed by atoms with Crippen molar-refractivity contribution in [3.63, 3.8) is 0 Å². The van der Waals surface area contributed by atoms with E-state index >= 15 is 0 Å². The number of ether oxygens (including phenoxy) is 2. The molecule has 2 aliphatic heterocycles. The van der Waals surface area contributed by atoms with Crippen LogP contribution in [0.1, 0.15) is 25.8 Å². The number of benzene rings is 1. The number of nitrogens with zero attached hydrogens (tertiary/aromatic N) is 2. The highest BCUT2D eigenvalue weighted by Crippen LogP contribution is 2.20. The van der Waals surface area contributed by atoms with Gasteiger partial charge < -0.3 is 24.6 Å². The van der Waals surface area contributed by atoms with Crippen molar-refractivity contribution in [1.29, 1.82) is 0 Å². The van der Waals surface area contributed by atoms with E-state index in [0.29, 0.717) is 45.8 Å². The highest BCUT2D eigenvalue weighted by atomic mass is 35.5. The molecular weight excluding hydrogens is 394 g/mol. The Morgan fingerprint density at radius 3 is 2.55 bits per heavy atom. The lowest BCUT2D eigenvalue weighted by Gasteiger charge is -2.36. The maximum absolute atomic E-state index is 12.8. The topological polar surface area (TPSA) is 71.1 Å². The molecular formula is C21H32ClN3O4. The molecule has 0 bridgehead atoms. The number of para-hydroxylation sites is 1. The molecule has 2 atom stereocenters. The van der Waals surface area contributed by atoms with Crippen LogP contribution in [-0.2, 0) is 20.7 Å². The van der Waals surface area contributed by atoms with Crippen molar-refractivity contribution in [3.05, 3.63) is 29.8 Å². The van der Waals surface area contributed by atoms with E-state index in [4.69, 9.17) is 9.47 Å². The second-order valence-corrected chi connectivity index (χ2v) is 7.36. The van der Waals surface area contributed by atoms with Gasteiger partial charge in [-0.2, -0.15) is 0 Å². The molecule has 3 rings (SSSR count). The van der Waals surface area contributed by atoms with Gasteiger partial charge >= 0.3 is 0 Å². The first kappa shape index (κ1) is 23.4. The number of rotatable bonds is 6. The molecule has 1 aromatic rings. The Morgan fingerprint density at radius 1 is 1.21 bits per heavy atom. The van der Waals surface area contributed by atoms with Gasteiger partial charge in [0.05, 0.1) is 13.2 Å². The summed E-state index contributed by atoms with van der Waals surface area (Å²) in [4.78, 5) is 28.9. The van der Waals surface area contributed by atoms with Crippen LogP contribution in [0.15, 0.2) is 24.3 Å². The number of amides is 2. The normalized spacial score (nSPS) is 20.6. The van der Waals surface area contributed by atoms with E-state index in [2.05, 4.69) is 12.2 Å². The first-order chi connectivity index (χ1) is 13.6. The van der Waals surface area contributed by atoms with Gasteiger partial charge in [-0.05, 0) is 25.0 Å². The van der Waals surface area contributed by atoms with E-state index < -0.39 is 6.10 Å². The largest absolute Gasteiger partial charge is 0.481 e. The molecule has 162 valence electrons. The fourth-order valence-corrected chi connectivity index (χ4v) is 3.68. The lowest BCUT2D eigenvalue weighted by molar-refractivity contribution is -0.144. The summed E-state index contributed by atoms with van der Waals surface area (Å²) in [6.45, 7) is 8.16. The molecule has 0 saturated carbocycles. The molecule has 0 aliphatic carbocycles. The van der Waals surface area contributed by atoms with Crippen molar-refractivity contribution in [2.75, 3.05) is 45.9 Å². The molecule has 8 heteroatoms. The summed E-state index contributed by atoms with van der Waals surface area (Å²) < 4.78 is 11.3. The van der Waals surface area contributed by atoms with Crippen molar-refractivity contribution in [2.24, 2.45) is 0 Å². The van der Waals surface area contributed by atoms with Crippen molar-refractivity contribution < 1.29 is 19.1 Å². The Balaban J connectivity index is 0.00000300. The third-order valence-electron chi connectivity index (χ3n) is 5.37. The molecule has 0 aromatic heterocycles. The lowest BCUT2D eigenvalue weighted by Crippen LogP contribution is -2.54. The maximum atomic E-state index is 12.8. The maximum Gasteiger partial charge on any atom is 0.263 e. The van der Waals surface area contributed by atoms with E-state index in [1.54, 1.807) is 11.8 Å². The highest BCUT2D eigenvalue weighted by molar-refractivity contribution is 5.85. The van der Waals surface area contributed by atoms with Gasteiger partial charge in [-0.25, -0.2) is 0 Å². The number of hydrogen-bond acceptors (Lipinski definition) is 5. The first-order valence-electron chi connectivity index (χ1n) is 10.2. The summed E-state index contributed by atoms with van der Waals surface area (Å²) in [5.74, 6) is 0.860. The molecule has 2 saturated heterocycles. The van der Waals surface area contributed by atoms with Gasteiger partial charge in [-0.1, -0.05) is 25.1 Å². The minimum absolute atomic E-state index is 0. The molecule has 2 fully saturated rings. The number of carbonyl (C=O) groups is 2. The molecule has 0 spiro atoms. The molecule has 2 unspecified atom stereocenters. The highest BCUT2D eigenvalue weighted by Gasteiger charge is 2.29. The number of carbonyl (C=O) groups excluding carboxylic acids is 2. The zero-order valence-corrected chi connectivity index (χ0v) is 18.1. The van der Waals surface area contributed by atoms with Crippen molar-refractivity contribution in [1.82, 2.24) is 15.1 Å². The van der Waals surface area contributed by atoms with Crippen LogP contribution in [0.4, 0.5) is 0 Å². The third kappa shape index (κ3) is 6.32. The number of piperazine rings is 1. The van der Waals surface area contributed by atoms with Crippen LogP contribution in [0.25, 0.3) is 0 Å². The fraction of sp³-hybridized carbons (Fsp3) is 0.619. The predicted octanol–water partition coefficient (Wildman–Crippen LogP) is 1.49. The van der Waals surface area contributed by atoms with E-state index in [1.807, 2.05) is 29.2 Å². The number of morpholine rings is 1. The minimum atomic E-state index is -0.543. The number of hydrogen-bond donors (Lipinski definition) is 1. The minimum Gasteiger partial charge on any atom is -0.481 e. The molecule has 29 heavy (non-hydrogen) atoms. The Labute approximate surface area is 179 Å².